The molecule has 78 valence electrons. The number of pyridine rings is 1. The lowest BCUT2D eigenvalue weighted by Gasteiger charge is -2.07. The van der Waals surface area contributed by atoms with Crippen molar-refractivity contribution in [2.45, 2.75) is 6.54 Å². The number of ether oxygens (including phenoxy) is 1. The zero-order chi connectivity index (χ0) is 10.5. The molecule has 0 spiro atoms. The fraction of sp³-hybridized carbons (Fsp3) is 0.222. The number of anilines is 1. The second kappa shape index (κ2) is 4.70. The highest BCUT2D eigenvalue weighted by molar-refractivity contribution is 7.03. The Morgan fingerprint density at radius 1 is 1.53 bits per heavy atom. The number of nitrogens with zero attached hydrogens (tertiary/aromatic N) is 3. The first kappa shape index (κ1) is 9.85. The van der Waals surface area contributed by atoms with Crippen LogP contribution < -0.4 is 10.1 Å². The van der Waals surface area contributed by atoms with E-state index in [1.54, 1.807) is 13.3 Å². The van der Waals surface area contributed by atoms with E-state index in [4.69, 9.17) is 4.74 Å². The van der Waals surface area contributed by atoms with E-state index < -0.39 is 0 Å². The summed E-state index contributed by atoms with van der Waals surface area (Å²) in [6.45, 7) is 0.624. The van der Waals surface area contributed by atoms with Gasteiger partial charge in [-0.1, -0.05) is 4.49 Å². The molecule has 15 heavy (non-hydrogen) atoms. The first-order chi connectivity index (χ1) is 7.40. The predicted octanol–water partition coefficient (Wildman–Crippen LogP) is 1.55. The van der Waals surface area contributed by atoms with Gasteiger partial charge in [-0.3, -0.25) is 0 Å². The topological polar surface area (TPSA) is 59.9 Å². The lowest BCUT2D eigenvalue weighted by molar-refractivity contribution is 0.399. The molecule has 0 saturated carbocycles. The van der Waals surface area contributed by atoms with E-state index in [2.05, 4.69) is 19.9 Å². The van der Waals surface area contributed by atoms with Crippen LogP contribution in [0.2, 0.25) is 0 Å². The molecule has 2 aromatic heterocycles. The molecule has 0 aliphatic carbocycles. The molecule has 0 unspecified atom stereocenters. The molecular weight excluding hydrogens is 212 g/mol. The van der Waals surface area contributed by atoms with Crippen molar-refractivity contribution in [2.75, 3.05) is 12.4 Å². The zero-order valence-corrected chi connectivity index (χ0v) is 8.99. The van der Waals surface area contributed by atoms with Crippen molar-refractivity contribution >= 4 is 17.2 Å². The summed E-state index contributed by atoms with van der Waals surface area (Å²) < 4.78 is 8.89. The van der Waals surface area contributed by atoms with Crippen molar-refractivity contribution < 1.29 is 4.74 Å². The van der Waals surface area contributed by atoms with Gasteiger partial charge < -0.3 is 10.1 Å². The van der Waals surface area contributed by atoms with Gasteiger partial charge in [-0.15, -0.1) is 5.10 Å². The molecular formula is C9H10N4OS. The molecule has 0 amide bonds. The normalized spacial score (nSPS) is 9.93. The first-order valence-corrected chi connectivity index (χ1v) is 5.22. The maximum atomic E-state index is 5.11. The van der Waals surface area contributed by atoms with E-state index in [1.165, 1.54) is 11.5 Å². The number of nitrogens with one attached hydrogen (secondary N) is 1. The Kier molecular flexibility index (Phi) is 3.08. The molecule has 0 aromatic carbocycles. The average Bonchev–Trinajstić information content (AvgIpc) is 2.79. The van der Waals surface area contributed by atoms with Crippen LogP contribution in [0.15, 0.2) is 23.7 Å². The Bertz CT molecular complexity index is 418. The molecule has 5 nitrogen and oxygen atoms in total. The lowest BCUT2D eigenvalue weighted by atomic mass is 10.4. The summed E-state index contributed by atoms with van der Waals surface area (Å²) in [6, 6.07) is 3.76. The minimum absolute atomic E-state index is 0.584. The molecule has 2 rings (SSSR count). The van der Waals surface area contributed by atoms with Gasteiger partial charge in [0.05, 0.1) is 25.0 Å². The molecule has 0 saturated heterocycles. The highest BCUT2D eigenvalue weighted by atomic mass is 32.1. The van der Waals surface area contributed by atoms with Crippen molar-refractivity contribution in [3.63, 3.8) is 0 Å². The second-order valence-electron chi connectivity index (χ2n) is 2.81. The number of rotatable bonds is 4. The Labute approximate surface area is 91.3 Å². The zero-order valence-electron chi connectivity index (χ0n) is 8.17. The number of aromatic nitrogens is 3. The van der Waals surface area contributed by atoms with Gasteiger partial charge in [0.1, 0.15) is 0 Å². The predicted molar refractivity (Wildman–Crippen MR) is 58.0 cm³/mol. The van der Waals surface area contributed by atoms with Crippen LogP contribution >= 0.6 is 11.5 Å². The van der Waals surface area contributed by atoms with Gasteiger partial charge in [0.15, 0.2) is 0 Å². The molecule has 0 radical (unpaired) electrons. The third-order valence-corrected chi connectivity index (χ3v) is 2.38. The largest absolute Gasteiger partial charge is 0.480 e. The van der Waals surface area contributed by atoms with Gasteiger partial charge in [0, 0.05) is 11.6 Å². The minimum Gasteiger partial charge on any atom is -0.480 e. The van der Waals surface area contributed by atoms with Gasteiger partial charge >= 0.3 is 0 Å². The molecule has 2 heterocycles. The van der Waals surface area contributed by atoms with Crippen molar-refractivity contribution in [1.82, 2.24) is 14.6 Å². The number of hydrogen-bond donors (Lipinski definition) is 1. The van der Waals surface area contributed by atoms with Crippen LogP contribution in [0.4, 0.5) is 5.69 Å². The quantitative estimate of drug-likeness (QED) is 0.850. The molecule has 1 N–H and O–H groups in total. The van der Waals surface area contributed by atoms with Gasteiger partial charge in [0.25, 0.3) is 0 Å². The van der Waals surface area contributed by atoms with E-state index >= 15 is 0 Å². The Morgan fingerprint density at radius 3 is 3.20 bits per heavy atom. The molecule has 0 aliphatic heterocycles. The summed E-state index contributed by atoms with van der Waals surface area (Å²) in [5.74, 6) is 0.584. The van der Waals surface area contributed by atoms with Crippen LogP contribution in [-0.2, 0) is 6.54 Å². The summed E-state index contributed by atoms with van der Waals surface area (Å²) in [6.07, 6.45) is 1.69. The molecule has 0 bridgehead atoms. The molecule has 0 fully saturated rings. The van der Waals surface area contributed by atoms with Crippen molar-refractivity contribution in [3.8, 4) is 5.88 Å². The van der Waals surface area contributed by atoms with Crippen LogP contribution in [-0.4, -0.2) is 21.7 Å². The SMILES string of the molecule is COc1ncccc1NCc1csnn1. The summed E-state index contributed by atoms with van der Waals surface area (Å²) >= 11 is 1.34. The smallest absolute Gasteiger partial charge is 0.237 e. The summed E-state index contributed by atoms with van der Waals surface area (Å²) in [5.41, 5.74) is 1.76. The van der Waals surface area contributed by atoms with E-state index in [0.29, 0.717) is 12.4 Å². The van der Waals surface area contributed by atoms with Gasteiger partial charge in [-0.05, 0) is 23.7 Å². The molecule has 0 aliphatic rings. The summed E-state index contributed by atoms with van der Waals surface area (Å²) in [7, 11) is 1.60. The fourth-order valence-electron chi connectivity index (χ4n) is 1.13. The highest BCUT2D eigenvalue weighted by Crippen LogP contribution is 2.20. The second-order valence-corrected chi connectivity index (χ2v) is 3.42. The van der Waals surface area contributed by atoms with Gasteiger partial charge in [0.2, 0.25) is 5.88 Å². The highest BCUT2D eigenvalue weighted by Gasteiger charge is 2.03. The van der Waals surface area contributed by atoms with Gasteiger partial charge in [-0.25, -0.2) is 4.98 Å². The van der Waals surface area contributed by atoms with E-state index in [0.717, 1.165) is 11.4 Å². The minimum atomic E-state index is 0.584. The van der Waals surface area contributed by atoms with Gasteiger partial charge in [-0.2, -0.15) is 0 Å². The maximum absolute atomic E-state index is 5.11. The number of hydrogen-bond acceptors (Lipinski definition) is 6. The Morgan fingerprint density at radius 2 is 2.47 bits per heavy atom. The standard InChI is InChI=1S/C9H10N4OS/c1-14-9-8(3-2-4-10-9)11-5-7-6-15-13-12-7/h2-4,6,11H,5H2,1H3. The summed E-state index contributed by atoms with van der Waals surface area (Å²) in [4.78, 5) is 4.08. The van der Waals surface area contributed by atoms with Crippen molar-refractivity contribution in [3.05, 3.63) is 29.4 Å². The monoisotopic (exact) mass is 222 g/mol. The molecule has 0 atom stereocenters. The number of methoxy groups -OCH3 is 1. The third kappa shape index (κ3) is 2.41. The first-order valence-electron chi connectivity index (χ1n) is 4.39. The van der Waals surface area contributed by atoms with Crippen LogP contribution in [0.5, 0.6) is 5.88 Å². The maximum Gasteiger partial charge on any atom is 0.237 e. The van der Waals surface area contributed by atoms with Crippen LogP contribution in [0.1, 0.15) is 5.69 Å². The molecule has 6 heteroatoms. The summed E-state index contributed by atoms with van der Waals surface area (Å²) in [5, 5.41) is 9.01. The lowest BCUT2D eigenvalue weighted by Crippen LogP contribution is -2.02. The van der Waals surface area contributed by atoms with Crippen molar-refractivity contribution in [1.29, 1.82) is 0 Å². The molecule has 2 aromatic rings. The van der Waals surface area contributed by atoms with Crippen LogP contribution in [0.25, 0.3) is 0 Å². The van der Waals surface area contributed by atoms with Crippen molar-refractivity contribution in [2.24, 2.45) is 0 Å². The van der Waals surface area contributed by atoms with E-state index in [9.17, 15) is 0 Å². The average molecular weight is 222 g/mol. The fourth-order valence-corrected chi connectivity index (χ4v) is 1.59. The van der Waals surface area contributed by atoms with Crippen LogP contribution in [0.3, 0.4) is 0 Å². The van der Waals surface area contributed by atoms with Crippen LogP contribution in [0, 0.1) is 0 Å². The van der Waals surface area contributed by atoms with E-state index in [1.807, 2.05) is 17.5 Å². The Balaban J connectivity index is 2.04. The Hall–Kier alpha value is -1.69. The third-order valence-electron chi connectivity index (χ3n) is 1.83. The van der Waals surface area contributed by atoms with E-state index in [-0.39, 0.29) is 0 Å².